The Morgan fingerprint density at radius 2 is 2.12 bits per heavy atom. The molecule has 0 unspecified atom stereocenters. The average Bonchev–Trinajstić information content (AvgIpc) is 3.25. The molecule has 0 radical (unpaired) electrons. The lowest BCUT2D eigenvalue weighted by atomic mass is 10.1. The zero-order valence-electron chi connectivity index (χ0n) is 13.5. The number of nitrogens with zero attached hydrogens (tertiary/aromatic N) is 1. The lowest BCUT2D eigenvalue weighted by Gasteiger charge is -2.17. The first-order valence-corrected chi connectivity index (χ1v) is 8.09. The Balaban J connectivity index is 1.50. The average molecular weight is 346 g/mol. The van der Waals surface area contributed by atoms with Crippen LogP contribution in [0.15, 0.2) is 47.1 Å². The summed E-state index contributed by atoms with van der Waals surface area (Å²) in [6, 6.07) is 8.96. The molecule has 2 aromatic rings. The second kappa shape index (κ2) is 7.48. The summed E-state index contributed by atoms with van der Waals surface area (Å²) in [5.74, 6) is -0.780. The van der Waals surface area contributed by atoms with Crippen LogP contribution in [0.1, 0.15) is 24.7 Å². The predicted octanol–water partition coefficient (Wildman–Crippen LogP) is 2.01. The van der Waals surface area contributed by atoms with Gasteiger partial charge in [-0.3, -0.25) is 9.59 Å². The van der Waals surface area contributed by atoms with Gasteiger partial charge in [0.25, 0.3) is 0 Å². The van der Waals surface area contributed by atoms with Crippen LogP contribution in [-0.4, -0.2) is 30.0 Å². The molecule has 2 atom stereocenters. The van der Waals surface area contributed by atoms with Crippen LogP contribution in [-0.2, 0) is 9.59 Å². The van der Waals surface area contributed by atoms with Crippen LogP contribution in [0.25, 0.3) is 0 Å². The van der Waals surface area contributed by atoms with E-state index in [1.54, 1.807) is 12.1 Å². The molecular weight excluding hydrogens is 327 g/mol. The van der Waals surface area contributed by atoms with Crippen molar-refractivity contribution in [3.05, 3.63) is 54.2 Å². The molecule has 0 aliphatic carbocycles. The van der Waals surface area contributed by atoms with Gasteiger partial charge in [0.05, 0.1) is 12.2 Å². The van der Waals surface area contributed by atoms with Crippen molar-refractivity contribution in [2.75, 3.05) is 18.0 Å². The molecule has 1 aliphatic rings. The summed E-state index contributed by atoms with van der Waals surface area (Å²) >= 11 is 0. The van der Waals surface area contributed by atoms with Gasteiger partial charge in [-0.2, -0.15) is 0 Å². The minimum absolute atomic E-state index is 0.115. The highest BCUT2D eigenvalue weighted by atomic mass is 19.1. The Morgan fingerprint density at radius 3 is 2.80 bits per heavy atom. The van der Waals surface area contributed by atoms with Crippen LogP contribution < -0.4 is 10.2 Å². The molecule has 3 rings (SSSR count). The van der Waals surface area contributed by atoms with Crippen molar-refractivity contribution in [2.45, 2.75) is 18.9 Å². The topological polar surface area (TPSA) is 82.8 Å². The van der Waals surface area contributed by atoms with Gasteiger partial charge < -0.3 is 19.7 Å². The molecule has 0 spiro atoms. The van der Waals surface area contributed by atoms with Gasteiger partial charge in [0.1, 0.15) is 17.7 Å². The quantitative estimate of drug-likeness (QED) is 0.838. The Bertz CT molecular complexity index is 730. The van der Waals surface area contributed by atoms with Gasteiger partial charge in [0, 0.05) is 25.2 Å². The number of hydrogen-bond donors (Lipinski definition) is 2. The molecule has 1 fully saturated rings. The van der Waals surface area contributed by atoms with Crippen LogP contribution >= 0.6 is 0 Å². The number of aliphatic hydroxyl groups is 1. The molecule has 1 saturated heterocycles. The SMILES string of the molecule is O=C(NCC[C@H](O)c1ccco1)[C@@H]1CC(=O)N(c2ccc(F)cc2)C1. The van der Waals surface area contributed by atoms with E-state index in [1.165, 1.54) is 35.4 Å². The second-order valence-corrected chi connectivity index (χ2v) is 5.99. The molecular formula is C18H19FN2O4. The molecule has 2 heterocycles. The Kier molecular flexibility index (Phi) is 5.14. The van der Waals surface area contributed by atoms with E-state index in [-0.39, 0.29) is 37.1 Å². The van der Waals surface area contributed by atoms with E-state index in [0.29, 0.717) is 17.9 Å². The Morgan fingerprint density at radius 1 is 1.36 bits per heavy atom. The number of rotatable bonds is 6. The normalized spacial score (nSPS) is 18.4. The third-order valence-electron chi connectivity index (χ3n) is 4.22. The maximum absolute atomic E-state index is 13.0. The van der Waals surface area contributed by atoms with E-state index in [9.17, 15) is 19.1 Å². The first-order chi connectivity index (χ1) is 12.0. The fourth-order valence-corrected chi connectivity index (χ4v) is 2.85. The third kappa shape index (κ3) is 4.06. The van der Waals surface area contributed by atoms with Gasteiger partial charge >= 0.3 is 0 Å². The van der Waals surface area contributed by atoms with E-state index in [0.717, 1.165) is 0 Å². The smallest absolute Gasteiger partial charge is 0.227 e. The molecule has 1 aliphatic heterocycles. The monoisotopic (exact) mass is 346 g/mol. The van der Waals surface area contributed by atoms with E-state index in [4.69, 9.17) is 4.42 Å². The standard InChI is InChI=1S/C18H19FN2O4/c19-13-3-5-14(6-4-13)21-11-12(10-17(21)23)18(24)20-8-7-15(22)16-2-1-9-25-16/h1-6,9,12,15,22H,7-8,10-11H2,(H,20,24)/t12-,15+/m1/s1. The number of anilines is 1. The summed E-state index contributed by atoms with van der Waals surface area (Å²) in [5, 5.41) is 12.6. The van der Waals surface area contributed by atoms with Gasteiger partial charge in [0.15, 0.2) is 0 Å². The zero-order valence-corrected chi connectivity index (χ0v) is 13.5. The highest BCUT2D eigenvalue weighted by Gasteiger charge is 2.35. The number of benzene rings is 1. The summed E-state index contributed by atoms with van der Waals surface area (Å²) in [5.41, 5.74) is 0.579. The minimum Gasteiger partial charge on any atom is -0.467 e. The summed E-state index contributed by atoms with van der Waals surface area (Å²) in [4.78, 5) is 25.8. The Hall–Kier alpha value is -2.67. The molecule has 6 nitrogen and oxygen atoms in total. The number of nitrogens with one attached hydrogen (secondary N) is 1. The molecule has 7 heteroatoms. The van der Waals surface area contributed by atoms with E-state index < -0.39 is 12.0 Å². The van der Waals surface area contributed by atoms with Crippen molar-refractivity contribution in [3.8, 4) is 0 Å². The first-order valence-electron chi connectivity index (χ1n) is 8.09. The molecule has 25 heavy (non-hydrogen) atoms. The third-order valence-corrected chi connectivity index (χ3v) is 4.22. The minimum atomic E-state index is -0.781. The molecule has 132 valence electrons. The summed E-state index contributed by atoms with van der Waals surface area (Å²) < 4.78 is 18.1. The predicted molar refractivity (Wildman–Crippen MR) is 88.2 cm³/mol. The second-order valence-electron chi connectivity index (χ2n) is 5.99. The lowest BCUT2D eigenvalue weighted by molar-refractivity contribution is -0.126. The van der Waals surface area contributed by atoms with Crippen molar-refractivity contribution in [1.82, 2.24) is 5.32 Å². The largest absolute Gasteiger partial charge is 0.467 e. The first kappa shape index (κ1) is 17.2. The fraction of sp³-hybridized carbons (Fsp3) is 0.333. The van der Waals surface area contributed by atoms with Crippen molar-refractivity contribution >= 4 is 17.5 Å². The molecule has 1 aromatic heterocycles. The molecule has 0 saturated carbocycles. The number of carbonyl (C=O) groups excluding carboxylic acids is 2. The summed E-state index contributed by atoms with van der Waals surface area (Å²) in [6.45, 7) is 0.541. The van der Waals surface area contributed by atoms with Gasteiger partial charge in [0.2, 0.25) is 11.8 Å². The molecule has 2 N–H and O–H groups in total. The van der Waals surface area contributed by atoms with Crippen LogP contribution in [0.5, 0.6) is 0 Å². The van der Waals surface area contributed by atoms with Gasteiger partial charge in [-0.15, -0.1) is 0 Å². The molecule has 0 bridgehead atoms. The van der Waals surface area contributed by atoms with Crippen molar-refractivity contribution < 1.29 is 23.5 Å². The van der Waals surface area contributed by atoms with E-state index >= 15 is 0 Å². The summed E-state index contributed by atoms with van der Waals surface area (Å²) in [7, 11) is 0. The van der Waals surface area contributed by atoms with E-state index in [2.05, 4.69) is 5.32 Å². The number of amides is 2. The number of aliphatic hydroxyl groups excluding tert-OH is 1. The summed E-state index contributed by atoms with van der Waals surface area (Å²) in [6.07, 6.45) is 1.13. The highest BCUT2D eigenvalue weighted by Crippen LogP contribution is 2.25. The van der Waals surface area contributed by atoms with Gasteiger partial charge in [-0.1, -0.05) is 0 Å². The van der Waals surface area contributed by atoms with E-state index in [1.807, 2.05) is 0 Å². The van der Waals surface area contributed by atoms with Gasteiger partial charge in [-0.05, 0) is 42.8 Å². The van der Waals surface area contributed by atoms with Crippen LogP contribution in [0.4, 0.5) is 10.1 Å². The van der Waals surface area contributed by atoms with Crippen LogP contribution in [0.3, 0.4) is 0 Å². The van der Waals surface area contributed by atoms with Crippen LogP contribution in [0.2, 0.25) is 0 Å². The lowest BCUT2D eigenvalue weighted by Crippen LogP contribution is -2.34. The molecule has 1 aromatic carbocycles. The van der Waals surface area contributed by atoms with Crippen molar-refractivity contribution in [1.29, 1.82) is 0 Å². The van der Waals surface area contributed by atoms with Crippen molar-refractivity contribution in [3.63, 3.8) is 0 Å². The number of halogens is 1. The zero-order chi connectivity index (χ0) is 17.8. The fourth-order valence-electron chi connectivity index (χ4n) is 2.85. The molecule has 2 amide bonds. The van der Waals surface area contributed by atoms with Crippen molar-refractivity contribution in [2.24, 2.45) is 5.92 Å². The van der Waals surface area contributed by atoms with Crippen LogP contribution in [0, 0.1) is 11.7 Å². The number of furan rings is 1. The van der Waals surface area contributed by atoms with Gasteiger partial charge in [-0.25, -0.2) is 4.39 Å². The Labute approximate surface area is 144 Å². The highest BCUT2D eigenvalue weighted by molar-refractivity contribution is 6.00. The number of carbonyl (C=O) groups is 2. The number of hydrogen-bond acceptors (Lipinski definition) is 4. The maximum Gasteiger partial charge on any atom is 0.227 e. The maximum atomic E-state index is 13.0.